The number of aromatic nitrogens is 5. The van der Waals surface area contributed by atoms with E-state index in [1.54, 1.807) is 4.68 Å². The van der Waals surface area contributed by atoms with Gasteiger partial charge in [-0.25, -0.2) is 9.67 Å². The van der Waals surface area contributed by atoms with Crippen LogP contribution >= 0.6 is 0 Å². The van der Waals surface area contributed by atoms with Gasteiger partial charge in [-0.1, -0.05) is 24.3 Å². The lowest BCUT2D eigenvalue weighted by Crippen LogP contribution is -2.15. The average Bonchev–Trinajstić information content (AvgIpc) is 3.12. The van der Waals surface area contributed by atoms with Gasteiger partial charge >= 0.3 is 0 Å². The molecule has 0 aliphatic rings. The van der Waals surface area contributed by atoms with Crippen LogP contribution in [0.1, 0.15) is 5.69 Å². The maximum absolute atomic E-state index is 12.4. The molecule has 0 unspecified atom stereocenters. The average molecular weight is 361 g/mol. The van der Waals surface area contributed by atoms with Gasteiger partial charge in [0.2, 0.25) is 5.95 Å². The van der Waals surface area contributed by atoms with Crippen molar-refractivity contribution >= 4 is 22.8 Å². The molecular formula is C19H19N7O. The Morgan fingerprint density at radius 3 is 2.67 bits per heavy atom. The number of benzene rings is 1. The summed E-state index contributed by atoms with van der Waals surface area (Å²) in [5.74, 6) is 1.25. The molecule has 0 saturated heterocycles. The fourth-order valence-corrected chi connectivity index (χ4v) is 2.75. The highest BCUT2D eigenvalue weighted by Gasteiger charge is 2.11. The summed E-state index contributed by atoms with van der Waals surface area (Å²) in [6.07, 6.45) is 1.53. The van der Waals surface area contributed by atoms with E-state index in [0.29, 0.717) is 23.5 Å². The summed E-state index contributed by atoms with van der Waals surface area (Å²) in [6, 6.07) is 15.4. The quantitative estimate of drug-likeness (QED) is 0.566. The minimum absolute atomic E-state index is 0.236. The highest BCUT2D eigenvalue weighted by Crippen LogP contribution is 2.15. The van der Waals surface area contributed by atoms with Gasteiger partial charge in [-0.05, 0) is 24.3 Å². The van der Waals surface area contributed by atoms with Crippen molar-refractivity contribution in [1.82, 2.24) is 24.7 Å². The zero-order chi connectivity index (χ0) is 18.8. The molecule has 1 aromatic carbocycles. The van der Waals surface area contributed by atoms with Gasteiger partial charge in [0.1, 0.15) is 11.2 Å². The minimum atomic E-state index is -0.236. The largest absolute Gasteiger partial charge is 0.363 e. The Labute approximate surface area is 155 Å². The van der Waals surface area contributed by atoms with Crippen molar-refractivity contribution in [2.75, 3.05) is 24.3 Å². The molecule has 4 rings (SSSR count). The SMILES string of the molecule is CN(C)c1cccc(CNc2nc3c(cnn3-c3ccccc3)c(=O)[nH]2)n1. The third kappa shape index (κ3) is 3.37. The second-order valence-corrected chi connectivity index (χ2v) is 6.28. The van der Waals surface area contributed by atoms with Gasteiger partial charge in [-0.15, -0.1) is 0 Å². The van der Waals surface area contributed by atoms with E-state index in [9.17, 15) is 4.79 Å². The zero-order valence-electron chi connectivity index (χ0n) is 15.0. The van der Waals surface area contributed by atoms with E-state index in [1.807, 2.05) is 67.5 Å². The van der Waals surface area contributed by atoms with Crippen molar-refractivity contribution in [1.29, 1.82) is 0 Å². The smallest absolute Gasteiger partial charge is 0.263 e. The molecule has 0 spiro atoms. The molecule has 3 aromatic heterocycles. The number of para-hydroxylation sites is 1. The lowest BCUT2D eigenvalue weighted by Gasteiger charge is -2.12. The number of fused-ring (bicyclic) bond motifs is 1. The molecule has 0 atom stereocenters. The summed E-state index contributed by atoms with van der Waals surface area (Å²) < 4.78 is 1.65. The van der Waals surface area contributed by atoms with Crippen molar-refractivity contribution in [3.8, 4) is 5.69 Å². The summed E-state index contributed by atoms with van der Waals surface area (Å²) in [5, 5.41) is 7.89. The van der Waals surface area contributed by atoms with Gasteiger partial charge in [0.25, 0.3) is 5.56 Å². The number of rotatable bonds is 5. The predicted octanol–water partition coefficient (Wildman–Crippen LogP) is 2.18. The first kappa shape index (κ1) is 16.8. The number of hydrogen-bond donors (Lipinski definition) is 2. The summed E-state index contributed by atoms with van der Waals surface area (Å²) >= 11 is 0. The van der Waals surface area contributed by atoms with E-state index >= 15 is 0 Å². The number of H-pyrrole nitrogens is 1. The van der Waals surface area contributed by atoms with Crippen LogP contribution in [-0.2, 0) is 6.54 Å². The Bertz CT molecular complexity index is 1130. The highest BCUT2D eigenvalue weighted by molar-refractivity contribution is 5.76. The Morgan fingerprint density at radius 2 is 1.89 bits per heavy atom. The highest BCUT2D eigenvalue weighted by atomic mass is 16.1. The van der Waals surface area contributed by atoms with Crippen LogP contribution in [0.2, 0.25) is 0 Å². The number of anilines is 2. The standard InChI is InChI=1S/C19H19N7O/c1-25(2)16-10-6-7-13(22-16)11-20-19-23-17-15(18(27)24-19)12-21-26(17)14-8-4-3-5-9-14/h3-10,12H,11H2,1-2H3,(H2,20,23,24,27). The molecule has 0 aliphatic carbocycles. The van der Waals surface area contributed by atoms with E-state index in [-0.39, 0.29) is 5.56 Å². The molecule has 0 fully saturated rings. The third-order valence-corrected chi connectivity index (χ3v) is 4.13. The Kier molecular flexibility index (Phi) is 4.29. The molecule has 27 heavy (non-hydrogen) atoms. The van der Waals surface area contributed by atoms with E-state index in [4.69, 9.17) is 0 Å². The molecule has 8 heteroatoms. The molecule has 4 aromatic rings. The molecule has 2 N–H and O–H groups in total. The minimum Gasteiger partial charge on any atom is -0.363 e. The first-order valence-electron chi connectivity index (χ1n) is 8.52. The molecule has 3 heterocycles. The molecule has 8 nitrogen and oxygen atoms in total. The zero-order valence-corrected chi connectivity index (χ0v) is 15.0. The van der Waals surface area contributed by atoms with Crippen LogP contribution in [0.25, 0.3) is 16.7 Å². The molecule has 0 saturated carbocycles. The Balaban J connectivity index is 1.65. The molecule has 136 valence electrons. The first-order chi connectivity index (χ1) is 13.1. The topological polar surface area (TPSA) is 91.7 Å². The lowest BCUT2D eigenvalue weighted by molar-refractivity contribution is 0.892. The van der Waals surface area contributed by atoms with Gasteiger partial charge < -0.3 is 10.2 Å². The second kappa shape index (κ2) is 6.91. The number of aromatic amines is 1. The van der Waals surface area contributed by atoms with Gasteiger partial charge in [-0.3, -0.25) is 9.78 Å². The number of pyridine rings is 1. The summed E-state index contributed by atoms with van der Waals surface area (Å²) in [7, 11) is 3.88. The predicted molar refractivity (Wildman–Crippen MR) is 105 cm³/mol. The number of nitrogens with zero attached hydrogens (tertiary/aromatic N) is 5. The van der Waals surface area contributed by atoms with Crippen molar-refractivity contribution in [3.05, 3.63) is 70.8 Å². The normalized spacial score (nSPS) is 10.9. The Hall–Kier alpha value is -3.68. The Morgan fingerprint density at radius 1 is 1.07 bits per heavy atom. The maximum Gasteiger partial charge on any atom is 0.263 e. The molecule has 0 bridgehead atoms. The van der Waals surface area contributed by atoms with E-state index in [1.165, 1.54) is 6.20 Å². The lowest BCUT2D eigenvalue weighted by atomic mass is 10.3. The fourth-order valence-electron chi connectivity index (χ4n) is 2.75. The van der Waals surface area contributed by atoms with Crippen molar-refractivity contribution < 1.29 is 0 Å². The first-order valence-corrected chi connectivity index (χ1v) is 8.52. The summed E-state index contributed by atoms with van der Waals surface area (Å²) in [5.41, 5.74) is 1.96. The second-order valence-electron chi connectivity index (χ2n) is 6.28. The van der Waals surface area contributed by atoms with Crippen molar-refractivity contribution in [2.45, 2.75) is 6.54 Å². The van der Waals surface area contributed by atoms with E-state index in [0.717, 1.165) is 17.2 Å². The molecule has 0 radical (unpaired) electrons. The van der Waals surface area contributed by atoms with Crippen molar-refractivity contribution in [2.24, 2.45) is 0 Å². The third-order valence-electron chi connectivity index (χ3n) is 4.13. The monoisotopic (exact) mass is 361 g/mol. The van der Waals surface area contributed by atoms with E-state index in [2.05, 4.69) is 25.4 Å². The van der Waals surface area contributed by atoms with Gasteiger partial charge in [0.05, 0.1) is 24.1 Å². The fraction of sp³-hybridized carbons (Fsp3) is 0.158. The molecular weight excluding hydrogens is 342 g/mol. The van der Waals surface area contributed by atoms with Crippen LogP contribution in [0.3, 0.4) is 0 Å². The van der Waals surface area contributed by atoms with Crippen LogP contribution in [0.15, 0.2) is 59.5 Å². The molecule has 0 amide bonds. The number of hydrogen-bond acceptors (Lipinski definition) is 6. The van der Waals surface area contributed by atoms with Crippen LogP contribution in [0.4, 0.5) is 11.8 Å². The van der Waals surface area contributed by atoms with Gasteiger partial charge in [0.15, 0.2) is 5.65 Å². The summed E-state index contributed by atoms with van der Waals surface area (Å²) in [6.45, 7) is 0.440. The van der Waals surface area contributed by atoms with Crippen molar-refractivity contribution in [3.63, 3.8) is 0 Å². The van der Waals surface area contributed by atoms with Crippen LogP contribution in [0.5, 0.6) is 0 Å². The van der Waals surface area contributed by atoms with Gasteiger partial charge in [0, 0.05) is 14.1 Å². The maximum atomic E-state index is 12.4. The van der Waals surface area contributed by atoms with E-state index < -0.39 is 0 Å². The van der Waals surface area contributed by atoms with Gasteiger partial charge in [-0.2, -0.15) is 10.1 Å². The molecule has 0 aliphatic heterocycles. The van der Waals surface area contributed by atoms with Crippen LogP contribution < -0.4 is 15.8 Å². The number of nitrogens with one attached hydrogen (secondary N) is 2. The van der Waals surface area contributed by atoms with Crippen LogP contribution in [0, 0.1) is 0 Å². The summed E-state index contributed by atoms with van der Waals surface area (Å²) in [4.78, 5) is 26.2. The van der Waals surface area contributed by atoms with Crippen LogP contribution in [-0.4, -0.2) is 38.8 Å².